The van der Waals surface area contributed by atoms with Crippen LogP contribution in [-0.4, -0.2) is 47.8 Å². The van der Waals surface area contributed by atoms with E-state index in [1.54, 1.807) is 0 Å². The molecule has 1 aliphatic carbocycles. The van der Waals surface area contributed by atoms with Crippen LogP contribution in [0.15, 0.2) is 0 Å². The third-order valence-electron chi connectivity index (χ3n) is 4.84. The number of hydrogen-bond acceptors (Lipinski definition) is 3. The van der Waals surface area contributed by atoms with Crippen LogP contribution in [0.1, 0.15) is 46.0 Å². The lowest BCUT2D eigenvalue weighted by Crippen LogP contribution is -2.48. The van der Waals surface area contributed by atoms with Gasteiger partial charge in [0, 0.05) is 12.1 Å². The van der Waals surface area contributed by atoms with Gasteiger partial charge in [0.05, 0.1) is 19.1 Å². The van der Waals surface area contributed by atoms with Crippen LogP contribution in [0.25, 0.3) is 0 Å². The minimum absolute atomic E-state index is 0.0815. The molecule has 2 rings (SSSR count). The second-order valence-electron chi connectivity index (χ2n) is 6.03. The molecular formula is C15H27NO3. The molecule has 1 N–H and O–H groups in total. The Balaban J connectivity index is 2.05. The summed E-state index contributed by atoms with van der Waals surface area (Å²) in [5, 5.41) is 9.34. The van der Waals surface area contributed by atoms with E-state index in [1.807, 2.05) is 0 Å². The van der Waals surface area contributed by atoms with Gasteiger partial charge in [0.25, 0.3) is 0 Å². The van der Waals surface area contributed by atoms with E-state index in [4.69, 9.17) is 4.74 Å². The van der Waals surface area contributed by atoms with Crippen LogP contribution < -0.4 is 0 Å². The molecule has 0 aromatic heterocycles. The van der Waals surface area contributed by atoms with Crippen molar-refractivity contribution in [2.24, 2.45) is 11.8 Å². The van der Waals surface area contributed by atoms with Gasteiger partial charge in [-0.3, -0.25) is 9.69 Å². The Morgan fingerprint density at radius 2 is 2.11 bits per heavy atom. The predicted octanol–water partition coefficient (Wildman–Crippen LogP) is 2.38. The highest BCUT2D eigenvalue weighted by Crippen LogP contribution is 2.34. The lowest BCUT2D eigenvalue weighted by Gasteiger charge is -2.35. The monoisotopic (exact) mass is 269 g/mol. The first-order valence-corrected chi connectivity index (χ1v) is 7.73. The Labute approximate surface area is 116 Å². The minimum atomic E-state index is -0.700. The van der Waals surface area contributed by atoms with Crippen molar-refractivity contribution in [3.8, 4) is 0 Å². The summed E-state index contributed by atoms with van der Waals surface area (Å²) in [6, 6.07) is 0.650. The van der Waals surface area contributed by atoms with Crippen LogP contribution in [0.3, 0.4) is 0 Å². The van der Waals surface area contributed by atoms with Crippen molar-refractivity contribution in [1.29, 1.82) is 0 Å². The van der Waals surface area contributed by atoms with Crippen molar-refractivity contribution in [1.82, 2.24) is 4.90 Å². The molecule has 0 bridgehead atoms. The summed E-state index contributed by atoms with van der Waals surface area (Å²) in [5.74, 6) is -0.212. The predicted molar refractivity (Wildman–Crippen MR) is 74.1 cm³/mol. The van der Waals surface area contributed by atoms with E-state index < -0.39 is 5.97 Å². The number of nitrogens with zero attached hydrogens (tertiary/aromatic N) is 1. The van der Waals surface area contributed by atoms with E-state index in [2.05, 4.69) is 18.7 Å². The molecule has 0 radical (unpaired) electrons. The van der Waals surface area contributed by atoms with Gasteiger partial charge in [-0.25, -0.2) is 0 Å². The maximum absolute atomic E-state index is 11.3. The largest absolute Gasteiger partial charge is 0.481 e. The van der Waals surface area contributed by atoms with E-state index in [0.717, 1.165) is 18.9 Å². The molecular weight excluding hydrogens is 242 g/mol. The van der Waals surface area contributed by atoms with Crippen molar-refractivity contribution in [3.05, 3.63) is 0 Å². The van der Waals surface area contributed by atoms with Crippen molar-refractivity contribution < 1.29 is 14.6 Å². The first-order valence-electron chi connectivity index (χ1n) is 7.73. The average molecular weight is 269 g/mol. The molecule has 4 unspecified atom stereocenters. The van der Waals surface area contributed by atoms with Gasteiger partial charge in [0.1, 0.15) is 0 Å². The van der Waals surface area contributed by atoms with Crippen molar-refractivity contribution in [2.45, 2.75) is 58.0 Å². The number of ether oxygens (including phenoxy) is 1. The molecule has 19 heavy (non-hydrogen) atoms. The van der Waals surface area contributed by atoms with Crippen molar-refractivity contribution in [2.75, 3.05) is 19.8 Å². The number of carbonyl (C=O) groups is 1. The topological polar surface area (TPSA) is 49.8 Å². The standard InChI is InChI=1S/C15H27NO3/c1-3-7-16(12-6-5-11(4-2)8-12)14-10-19-9-13(14)15(17)18/h11-14H,3-10H2,1-2H3,(H,17,18). The second kappa shape index (κ2) is 6.71. The molecule has 0 aromatic rings. The quantitative estimate of drug-likeness (QED) is 0.804. The van der Waals surface area contributed by atoms with Gasteiger partial charge in [-0.15, -0.1) is 0 Å². The van der Waals surface area contributed by atoms with Crippen LogP contribution in [0.4, 0.5) is 0 Å². The Kier molecular flexibility index (Phi) is 5.22. The number of hydrogen-bond donors (Lipinski definition) is 1. The third-order valence-corrected chi connectivity index (χ3v) is 4.84. The van der Waals surface area contributed by atoms with Crippen LogP contribution in [0.5, 0.6) is 0 Å². The zero-order valence-electron chi connectivity index (χ0n) is 12.2. The van der Waals surface area contributed by atoms with Crippen LogP contribution in [-0.2, 0) is 9.53 Å². The van der Waals surface area contributed by atoms with E-state index in [-0.39, 0.29) is 12.0 Å². The number of rotatable bonds is 6. The first kappa shape index (κ1) is 14.8. The Hall–Kier alpha value is -0.610. The van der Waals surface area contributed by atoms with Gasteiger partial charge in [-0.2, -0.15) is 0 Å². The average Bonchev–Trinajstić information content (AvgIpc) is 3.04. The lowest BCUT2D eigenvalue weighted by molar-refractivity contribution is -0.143. The van der Waals surface area contributed by atoms with Crippen LogP contribution in [0, 0.1) is 11.8 Å². The lowest BCUT2D eigenvalue weighted by atomic mass is 9.98. The fraction of sp³-hybridized carbons (Fsp3) is 0.933. The maximum Gasteiger partial charge on any atom is 0.310 e. The fourth-order valence-corrected chi connectivity index (χ4v) is 3.70. The summed E-state index contributed by atoms with van der Waals surface area (Å²) in [7, 11) is 0. The Bertz CT molecular complexity index is 308. The third kappa shape index (κ3) is 3.29. The summed E-state index contributed by atoms with van der Waals surface area (Å²) >= 11 is 0. The van der Waals surface area contributed by atoms with Gasteiger partial charge in [0.2, 0.25) is 0 Å². The number of aliphatic carboxylic acids is 1. The number of carboxylic acid groups (broad SMARTS) is 1. The molecule has 1 saturated carbocycles. The van der Waals surface area contributed by atoms with E-state index >= 15 is 0 Å². The zero-order valence-corrected chi connectivity index (χ0v) is 12.2. The van der Waals surface area contributed by atoms with Gasteiger partial charge in [-0.1, -0.05) is 20.3 Å². The number of carboxylic acids is 1. The van der Waals surface area contributed by atoms with Crippen molar-refractivity contribution >= 4 is 5.97 Å². The molecule has 4 atom stereocenters. The highest BCUT2D eigenvalue weighted by atomic mass is 16.5. The smallest absolute Gasteiger partial charge is 0.310 e. The summed E-state index contributed by atoms with van der Waals surface area (Å²) in [4.78, 5) is 13.8. The van der Waals surface area contributed by atoms with E-state index in [1.165, 1.54) is 25.7 Å². The van der Waals surface area contributed by atoms with Gasteiger partial charge >= 0.3 is 5.97 Å². The molecule has 1 heterocycles. The molecule has 4 heteroatoms. The highest BCUT2D eigenvalue weighted by molar-refractivity contribution is 5.71. The maximum atomic E-state index is 11.3. The van der Waals surface area contributed by atoms with Gasteiger partial charge < -0.3 is 9.84 Å². The van der Waals surface area contributed by atoms with Crippen LogP contribution in [0.2, 0.25) is 0 Å². The summed E-state index contributed by atoms with van der Waals surface area (Å²) in [5.41, 5.74) is 0. The van der Waals surface area contributed by atoms with Gasteiger partial charge in [0.15, 0.2) is 0 Å². The molecule has 0 amide bonds. The second-order valence-corrected chi connectivity index (χ2v) is 6.03. The Morgan fingerprint density at radius 1 is 1.32 bits per heavy atom. The molecule has 110 valence electrons. The molecule has 0 spiro atoms. The summed E-state index contributed by atoms with van der Waals surface area (Å²) < 4.78 is 5.45. The molecule has 2 aliphatic rings. The normalized spacial score (nSPS) is 35.1. The molecule has 1 saturated heterocycles. The molecule has 0 aromatic carbocycles. The van der Waals surface area contributed by atoms with E-state index in [9.17, 15) is 9.90 Å². The minimum Gasteiger partial charge on any atom is -0.481 e. The van der Waals surface area contributed by atoms with Crippen molar-refractivity contribution in [3.63, 3.8) is 0 Å². The summed E-state index contributed by atoms with van der Waals surface area (Å²) in [6.07, 6.45) is 6.09. The first-order chi connectivity index (χ1) is 9.17. The van der Waals surface area contributed by atoms with E-state index in [0.29, 0.717) is 19.3 Å². The highest BCUT2D eigenvalue weighted by Gasteiger charge is 2.41. The summed E-state index contributed by atoms with van der Waals surface area (Å²) in [6.45, 7) is 6.40. The van der Waals surface area contributed by atoms with Crippen LogP contribution >= 0.6 is 0 Å². The molecule has 4 nitrogen and oxygen atoms in total. The zero-order chi connectivity index (χ0) is 13.8. The fourth-order valence-electron chi connectivity index (χ4n) is 3.70. The Morgan fingerprint density at radius 3 is 2.68 bits per heavy atom. The molecule has 2 fully saturated rings. The van der Waals surface area contributed by atoms with Gasteiger partial charge in [-0.05, 0) is 38.1 Å². The SMILES string of the molecule is CCCN(C1CCC(CC)C1)C1COCC1C(=O)O. The molecule has 1 aliphatic heterocycles.